The molecule has 1 fully saturated rings. The highest BCUT2D eigenvalue weighted by Gasteiger charge is 2.52. The Morgan fingerprint density at radius 1 is 1.10 bits per heavy atom. The lowest BCUT2D eigenvalue weighted by molar-refractivity contribution is -0.886. The van der Waals surface area contributed by atoms with E-state index in [9.17, 15) is 14.4 Å². The van der Waals surface area contributed by atoms with Crippen LogP contribution in [0.25, 0.3) is 5.57 Å². The number of hydrogen-bond donors (Lipinski definition) is 3. The summed E-state index contributed by atoms with van der Waals surface area (Å²) in [5.74, 6) is -0.811. The molecule has 0 bridgehead atoms. The summed E-state index contributed by atoms with van der Waals surface area (Å²) in [6.45, 7) is 3.57. The lowest BCUT2D eigenvalue weighted by Gasteiger charge is -2.26. The Morgan fingerprint density at radius 2 is 1.77 bits per heavy atom. The van der Waals surface area contributed by atoms with Gasteiger partial charge in [-0.25, -0.2) is 4.79 Å². The highest BCUT2D eigenvalue weighted by Crippen LogP contribution is 2.31. The van der Waals surface area contributed by atoms with E-state index in [0.29, 0.717) is 12.0 Å². The van der Waals surface area contributed by atoms with Crippen LogP contribution in [0.3, 0.4) is 0 Å². The molecule has 3 N–H and O–H groups in total. The van der Waals surface area contributed by atoms with Crippen molar-refractivity contribution in [3.05, 3.63) is 77.9 Å². The highest BCUT2D eigenvalue weighted by molar-refractivity contribution is 6.08. The number of nitrogens with one attached hydrogen (secondary N) is 3. The van der Waals surface area contributed by atoms with E-state index in [0.717, 1.165) is 29.4 Å². The number of imide groups is 1. The molecular weight excluding hydrogens is 392 g/mol. The maximum absolute atomic E-state index is 13.1. The van der Waals surface area contributed by atoms with Gasteiger partial charge in [0.05, 0.1) is 13.1 Å². The largest absolute Gasteiger partial charge is 0.344 e. The van der Waals surface area contributed by atoms with Gasteiger partial charge in [0.15, 0.2) is 6.54 Å². The van der Waals surface area contributed by atoms with Gasteiger partial charge in [-0.05, 0) is 29.2 Å². The van der Waals surface area contributed by atoms with Gasteiger partial charge < -0.3 is 10.2 Å². The second-order valence-corrected chi connectivity index (χ2v) is 7.96. The highest BCUT2D eigenvalue weighted by atomic mass is 16.2. The van der Waals surface area contributed by atoms with E-state index in [2.05, 4.69) is 29.0 Å². The molecule has 2 aliphatic heterocycles. The summed E-state index contributed by atoms with van der Waals surface area (Å²) in [6.07, 6.45) is 3.42. The first-order valence-electron chi connectivity index (χ1n) is 10.6. The fraction of sp³-hybridized carbons (Fsp3) is 0.292. The summed E-state index contributed by atoms with van der Waals surface area (Å²) in [7, 11) is 0. The monoisotopic (exact) mass is 419 g/mol. The van der Waals surface area contributed by atoms with Gasteiger partial charge in [0.1, 0.15) is 5.54 Å². The number of nitrogens with zero attached hydrogens (tertiary/aromatic N) is 1. The van der Waals surface area contributed by atoms with Gasteiger partial charge >= 0.3 is 6.03 Å². The number of carbonyl (C=O) groups is 3. The number of hydrazine groups is 1. The molecule has 0 saturated carbocycles. The molecule has 4 rings (SSSR count). The summed E-state index contributed by atoms with van der Waals surface area (Å²) < 4.78 is 0. The molecule has 7 nitrogen and oxygen atoms in total. The first-order valence-corrected chi connectivity index (χ1v) is 10.6. The molecule has 0 spiro atoms. The maximum Gasteiger partial charge on any atom is 0.344 e. The van der Waals surface area contributed by atoms with E-state index in [4.69, 9.17) is 0 Å². The Kier molecular flexibility index (Phi) is 5.86. The minimum Gasteiger partial charge on any atom is -0.324 e. The normalized spacial score (nSPS) is 23.3. The average molecular weight is 420 g/mol. The Morgan fingerprint density at radius 3 is 2.39 bits per heavy atom. The Balaban J connectivity index is 1.38. The number of quaternary nitrogens is 1. The van der Waals surface area contributed by atoms with E-state index >= 15 is 0 Å². The van der Waals surface area contributed by atoms with Crippen molar-refractivity contribution >= 4 is 23.4 Å². The van der Waals surface area contributed by atoms with Crippen LogP contribution in [0.1, 0.15) is 30.9 Å². The van der Waals surface area contributed by atoms with Crippen molar-refractivity contribution in [1.82, 2.24) is 15.8 Å². The predicted molar refractivity (Wildman–Crippen MR) is 117 cm³/mol. The third kappa shape index (κ3) is 4.09. The molecule has 2 aromatic carbocycles. The van der Waals surface area contributed by atoms with Crippen LogP contribution in [-0.4, -0.2) is 42.5 Å². The first-order chi connectivity index (χ1) is 15.0. The van der Waals surface area contributed by atoms with Gasteiger partial charge in [0.25, 0.3) is 11.8 Å². The van der Waals surface area contributed by atoms with Crippen LogP contribution in [0.4, 0.5) is 4.79 Å². The van der Waals surface area contributed by atoms with E-state index in [1.165, 1.54) is 11.1 Å². The van der Waals surface area contributed by atoms with Crippen molar-refractivity contribution in [2.45, 2.75) is 25.3 Å². The third-order valence-electron chi connectivity index (χ3n) is 6.07. The number of benzene rings is 2. The number of hydrogen-bond acceptors (Lipinski definition) is 3. The van der Waals surface area contributed by atoms with Gasteiger partial charge in [0, 0.05) is 6.42 Å². The van der Waals surface area contributed by atoms with Crippen molar-refractivity contribution in [2.24, 2.45) is 0 Å². The van der Waals surface area contributed by atoms with Gasteiger partial charge in [-0.3, -0.25) is 15.0 Å². The van der Waals surface area contributed by atoms with Crippen molar-refractivity contribution in [3.8, 4) is 0 Å². The zero-order valence-electron chi connectivity index (χ0n) is 17.6. The summed E-state index contributed by atoms with van der Waals surface area (Å²) in [4.78, 5) is 39.3. The minimum absolute atomic E-state index is 0.195. The van der Waals surface area contributed by atoms with E-state index in [1.54, 1.807) is 0 Å². The van der Waals surface area contributed by atoms with Gasteiger partial charge in [-0.15, -0.1) is 0 Å². The van der Waals surface area contributed by atoms with Crippen LogP contribution < -0.4 is 15.6 Å². The number of rotatable bonds is 6. The molecule has 31 heavy (non-hydrogen) atoms. The zero-order chi connectivity index (χ0) is 21.8. The van der Waals surface area contributed by atoms with E-state index in [-0.39, 0.29) is 12.5 Å². The van der Waals surface area contributed by atoms with Crippen LogP contribution in [-0.2, 0) is 15.1 Å². The summed E-state index contributed by atoms with van der Waals surface area (Å²) in [5.41, 5.74) is 4.56. The lowest BCUT2D eigenvalue weighted by Crippen LogP contribution is -3.13. The number of urea groups is 1. The quantitative estimate of drug-likeness (QED) is 0.617. The summed E-state index contributed by atoms with van der Waals surface area (Å²) in [6, 6.07) is 18.7. The molecule has 1 saturated heterocycles. The van der Waals surface area contributed by atoms with Gasteiger partial charge in [-0.2, -0.15) is 5.01 Å². The molecule has 1 unspecified atom stereocenters. The van der Waals surface area contributed by atoms with E-state index in [1.807, 2.05) is 55.5 Å². The van der Waals surface area contributed by atoms with Gasteiger partial charge in [-0.1, -0.05) is 67.6 Å². The Bertz CT molecular complexity index is 1010. The molecule has 2 heterocycles. The number of carbonyl (C=O) groups excluding carboxylic acids is 3. The molecule has 0 aliphatic carbocycles. The van der Waals surface area contributed by atoms with Crippen molar-refractivity contribution in [3.63, 3.8) is 0 Å². The molecule has 2 atom stereocenters. The van der Waals surface area contributed by atoms with Crippen LogP contribution >= 0.6 is 0 Å². The molecule has 160 valence electrons. The third-order valence-corrected chi connectivity index (χ3v) is 6.07. The minimum atomic E-state index is -1.16. The van der Waals surface area contributed by atoms with Crippen LogP contribution in [0.5, 0.6) is 0 Å². The second kappa shape index (κ2) is 8.73. The van der Waals surface area contributed by atoms with Crippen LogP contribution in [0.15, 0.2) is 66.7 Å². The maximum atomic E-state index is 13.1. The molecule has 0 radical (unpaired) electrons. The molecular formula is C24H27N4O3+. The molecule has 4 amide bonds. The smallest absolute Gasteiger partial charge is 0.324 e. The molecule has 2 aromatic rings. The summed E-state index contributed by atoms with van der Waals surface area (Å²) >= 11 is 0. The van der Waals surface area contributed by atoms with Crippen LogP contribution in [0.2, 0.25) is 0 Å². The first kappa shape index (κ1) is 20.8. The predicted octanol–water partition coefficient (Wildman–Crippen LogP) is 1.25. The molecule has 2 aliphatic rings. The Labute approximate surface area is 181 Å². The summed E-state index contributed by atoms with van der Waals surface area (Å²) in [5, 5.41) is 3.60. The van der Waals surface area contributed by atoms with Gasteiger partial charge in [0.2, 0.25) is 0 Å². The van der Waals surface area contributed by atoms with Crippen molar-refractivity contribution in [2.75, 3.05) is 19.6 Å². The standard InChI is InChI=1S/C24H26N4O3/c1-2-24(20-11-7-4-8-12-20)22(30)28(23(31)25-24)26-21(29)17-27-15-13-19(14-16-27)18-9-5-3-6-10-18/h3-13H,2,14-17H2,1H3,(H,25,31)(H,26,29)/p+1/t24-/m1/s1. The Hall–Kier alpha value is -3.45. The molecule has 0 aromatic heterocycles. The lowest BCUT2D eigenvalue weighted by atomic mass is 9.87. The average Bonchev–Trinajstić information content (AvgIpc) is 3.06. The molecule has 7 heteroatoms. The fourth-order valence-corrected chi connectivity index (χ4v) is 4.29. The fourth-order valence-electron chi connectivity index (χ4n) is 4.29. The van der Waals surface area contributed by atoms with E-state index < -0.39 is 17.5 Å². The van der Waals surface area contributed by atoms with Crippen LogP contribution in [0, 0.1) is 0 Å². The topological polar surface area (TPSA) is 83.0 Å². The second-order valence-electron chi connectivity index (χ2n) is 7.96. The number of amides is 4. The SMILES string of the molecule is CC[C@]1(c2ccccc2)NC(=O)N(NC(=O)C[NH+]2CC=C(c3ccccc3)CC2)C1=O. The zero-order valence-corrected chi connectivity index (χ0v) is 17.6. The van der Waals surface area contributed by atoms with Crippen molar-refractivity contribution < 1.29 is 19.3 Å². The van der Waals surface area contributed by atoms with Crippen molar-refractivity contribution in [1.29, 1.82) is 0 Å².